The van der Waals surface area contributed by atoms with Gasteiger partial charge in [-0.1, -0.05) is 24.4 Å². The molecule has 7 nitrogen and oxygen atoms in total. The summed E-state index contributed by atoms with van der Waals surface area (Å²) in [5.74, 6) is -0.119. The summed E-state index contributed by atoms with van der Waals surface area (Å²) in [6.45, 7) is 1.64. The molecule has 0 saturated heterocycles. The van der Waals surface area contributed by atoms with Crippen molar-refractivity contribution < 1.29 is 9.59 Å². The van der Waals surface area contributed by atoms with E-state index >= 15 is 0 Å². The second-order valence-corrected chi connectivity index (χ2v) is 10.7. The quantitative estimate of drug-likeness (QED) is 0.595. The summed E-state index contributed by atoms with van der Waals surface area (Å²) >= 11 is 7.61. The van der Waals surface area contributed by atoms with Crippen LogP contribution in [0, 0.1) is 0 Å². The van der Waals surface area contributed by atoms with Gasteiger partial charge in [0, 0.05) is 48.0 Å². The molecule has 1 aliphatic heterocycles. The highest BCUT2D eigenvalue weighted by molar-refractivity contribution is 7.13. The summed E-state index contributed by atoms with van der Waals surface area (Å²) in [6.07, 6.45) is 3.84. The summed E-state index contributed by atoms with van der Waals surface area (Å²) < 4.78 is 0. The molecular formula is C24H28ClN5O2S. The highest BCUT2D eigenvalue weighted by atomic mass is 35.5. The summed E-state index contributed by atoms with van der Waals surface area (Å²) in [5, 5.41) is 2.11. The molecule has 1 saturated carbocycles. The number of carbonyl (C=O) groups is 2. The summed E-state index contributed by atoms with van der Waals surface area (Å²) in [4.78, 5) is 41.5. The fourth-order valence-corrected chi connectivity index (χ4v) is 6.45. The van der Waals surface area contributed by atoms with E-state index in [2.05, 4.69) is 21.9 Å². The number of aromatic amines is 1. The second-order valence-electron chi connectivity index (χ2n) is 9.23. The van der Waals surface area contributed by atoms with Gasteiger partial charge in [-0.15, -0.1) is 11.3 Å². The van der Waals surface area contributed by atoms with Crippen LogP contribution in [-0.4, -0.2) is 69.7 Å². The van der Waals surface area contributed by atoms with Crippen LogP contribution in [0.15, 0.2) is 24.3 Å². The molecule has 2 aromatic heterocycles. The molecule has 0 bridgehead atoms. The predicted octanol–water partition coefficient (Wildman–Crippen LogP) is 4.38. The lowest BCUT2D eigenvalue weighted by Crippen LogP contribution is -2.54. The molecule has 9 heteroatoms. The molecule has 0 radical (unpaired) electrons. The minimum atomic E-state index is -0.0728. The van der Waals surface area contributed by atoms with Gasteiger partial charge in [-0.05, 0) is 44.2 Å². The average Bonchev–Trinajstić information content (AvgIpc) is 3.49. The molecule has 2 aliphatic rings. The number of fused-ring (bicyclic) bond motifs is 2. The maximum Gasteiger partial charge on any atom is 0.282 e. The average molecular weight is 486 g/mol. The first kappa shape index (κ1) is 22.4. The minimum Gasteiger partial charge on any atom is -0.351 e. The van der Waals surface area contributed by atoms with Crippen molar-refractivity contribution in [2.24, 2.45) is 0 Å². The zero-order valence-corrected chi connectivity index (χ0v) is 20.7. The van der Waals surface area contributed by atoms with Gasteiger partial charge in [-0.3, -0.25) is 14.5 Å². The van der Waals surface area contributed by atoms with Gasteiger partial charge < -0.3 is 14.8 Å². The zero-order chi connectivity index (χ0) is 23.3. The second kappa shape index (κ2) is 8.74. The van der Waals surface area contributed by atoms with Crippen LogP contribution in [0.25, 0.3) is 10.9 Å². The molecular weight excluding hydrogens is 458 g/mol. The molecule has 0 spiro atoms. The van der Waals surface area contributed by atoms with Gasteiger partial charge in [0.2, 0.25) is 0 Å². The van der Waals surface area contributed by atoms with Gasteiger partial charge in [0.25, 0.3) is 11.8 Å². The van der Waals surface area contributed by atoms with Crippen molar-refractivity contribution in [1.82, 2.24) is 24.7 Å². The maximum absolute atomic E-state index is 13.4. The van der Waals surface area contributed by atoms with Crippen LogP contribution in [0.5, 0.6) is 0 Å². The number of halogens is 1. The minimum absolute atomic E-state index is 0.0413. The van der Waals surface area contributed by atoms with E-state index in [9.17, 15) is 9.59 Å². The molecule has 1 aliphatic carbocycles. The SMILES string of the molecule is CN1Cc2nc(C(=O)N(C)[C@@H]3CCCC[C@@H]3N(C)C(=O)c3cc4cc(Cl)ccc4[nH]3)sc2C1. The molecule has 0 unspecified atom stereocenters. The predicted molar refractivity (Wildman–Crippen MR) is 131 cm³/mol. The smallest absolute Gasteiger partial charge is 0.282 e. The Morgan fingerprint density at radius 1 is 1.09 bits per heavy atom. The molecule has 3 heterocycles. The highest BCUT2D eigenvalue weighted by Crippen LogP contribution is 2.31. The van der Waals surface area contributed by atoms with Gasteiger partial charge in [0.1, 0.15) is 5.69 Å². The lowest BCUT2D eigenvalue weighted by atomic mass is 9.88. The number of nitrogens with one attached hydrogen (secondary N) is 1. The van der Waals surface area contributed by atoms with Crippen LogP contribution in [0.4, 0.5) is 0 Å². The number of benzene rings is 1. The summed E-state index contributed by atoms with van der Waals surface area (Å²) in [6, 6.07) is 7.30. The van der Waals surface area contributed by atoms with Gasteiger partial charge in [-0.2, -0.15) is 0 Å². The Hall–Kier alpha value is -2.42. The van der Waals surface area contributed by atoms with Crippen molar-refractivity contribution in [1.29, 1.82) is 0 Å². The van der Waals surface area contributed by atoms with Crippen LogP contribution in [-0.2, 0) is 13.1 Å². The standard InChI is InChI=1S/C24H28ClN5O2S/c1-28-12-18-21(13-28)33-22(27-18)24(32)30(3)20-7-5-4-6-19(20)29(2)23(31)17-11-14-10-15(25)8-9-16(14)26-17/h8-11,19-20,26H,4-7,12-13H2,1-3H3/t19-,20+/m0/s1. The topological polar surface area (TPSA) is 72.5 Å². The Morgan fingerprint density at radius 2 is 1.79 bits per heavy atom. The third-order valence-electron chi connectivity index (χ3n) is 6.94. The molecule has 174 valence electrons. The number of nitrogens with zero attached hydrogens (tertiary/aromatic N) is 4. The Balaban J connectivity index is 1.35. The van der Waals surface area contributed by atoms with Gasteiger partial charge in [0.15, 0.2) is 5.01 Å². The van der Waals surface area contributed by atoms with E-state index in [4.69, 9.17) is 11.6 Å². The van der Waals surface area contributed by atoms with Crippen molar-refractivity contribution in [3.8, 4) is 0 Å². The third kappa shape index (κ3) is 4.16. The Kier molecular flexibility index (Phi) is 5.93. The fourth-order valence-electron chi connectivity index (χ4n) is 5.13. The van der Waals surface area contributed by atoms with E-state index in [1.165, 1.54) is 16.2 Å². The fraction of sp³-hybridized carbons (Fsp3) is 0.458. The monoisotopic (exact) mass is 485 g/mol. The number of carbonyl (C=O) groups excluding carboxylic acids is 2. The van der Waals surface area contributed by atoms with E-state index in [0.717, 1.165) is 55.4 Å². The lowest BCUT2D eigenvalue weighted by molar-refractivity contribution is 0.0418. The van der Waals surface area contributed by atoms with E-state index in [1.54, 1.807) is 4.90 Å². The summed E-state index contributed by atoms with van der Waals surface area (Å²) in [5.41, 5.74) is 2.44. The maximum atomic E-state index is 13.4. The molecule has 1 aromatic carbocycles. The van der Waals surface area contributed by atoms with Crippen LogP contribution >= 0.6 is 22.9 Å². The van der Waals surface area contributed by atoms with E-state index in [-0.39, 0.29) is 23.9 Å². The lowest BCUT2D eigenvalue weighted by Gasteiger charge is -2.42. The van der Waals surface area contributed by atoms with Crippen LogP contribution in [0.1, 0.15) is 56.5 Å². The van der Waals surface area contributed by atoms with Crippen LogP contribution in [0.3, 0.4) is 0 Å². The van der Waals surface area contributed by atoms with Crippen molar-refractivity contribution in [2.45, 2.75) is 50.9 Å². The number of likely N-dealkylation sites (N-methyl/N-ethyl adjacent to an activating group) is 2. The zero-order valence-electron chi connectivity index (χ0n) is 19.1. The number of thiazole rings is 1. The first-order valence-corrected chi connectivity index (χ1v) is 12.5. The summed E-state index contributed by atoms with van der Waals surface area (Å²) in [7, 11) is 5.76. The molecule has 3 aromatic rings. The van der Waals surface area contributed by atoms with Crippen molar-refractivity contribution >= 4 is 45.7 Å². The van der Waals surface area contributed by atoms with Crippen LogP contribution < -0.4 is 0 Å². The normalized spacial score (nSPS) is 20.7. The number of hydrogen-bond acceptors (Lipinski definition) is 5. The highest BCUT2D eigenvalue weighted by Gasteiger charge is 2.37. The van der Waals surface area contributed by atoms with Gasteiger partial charge in [-0.25, -0.2) is 4.98 Å². The molecule has 2 amide bonds. The van der Waals surface area contributed by atoms with E-state index < -0.39 is 0 Å². The Labute approximate surface area is 202 Å². The van der Waals surface area contributed by atoms with E-state index in [1.807, 2.05) is 43.3 Å². The Morgan fingerprint density at radius 3 is 2.48 bits per heavy atom. The number of aromatic nitrogens is 2. The van der Waals surface area contributed by atoms with Gasteiger partial charge in [0.05, 0.1) is 17.8 Å². The number of H-pyrrole nitrogens is 1. The first-order valence-electron chi connectivity index (χ1n) is 11.3. The molecule has 2 atom stereocenters. The van der Waals surface area contributed by atoms with Gasteiger partial charge >= 0.3 is 0 Å². The Bertz CT molecular complexity index is 1200. The van der Waals surface area contributed by atoms with Crippen molar-refractivity contribution in [3.05, 3.63) is 50.6 Å². The largest absolute Gasteiger partial charge is 0.351 e. The molecule has 5 rings (SSSR count). The molecule has 1 fully saturated rings. The third-order valence-corrected chi connectivity index (χ3v) is 8.24. The molecule has 33 heavy (non-hydrogen) atoms. The van der Waals surface area contributed by atoms with E-state index in [0.29, 0.717) is 15.7 Å². The number of rotatable bonds is 4. The number of amides is 2. The first-order chi connectivity index (χ1) is 15.8. The number of hydrogen-bond donors (Lipinski definition) is 1. The van der Waals surface area contributed by atoms with Crippen molar-refractivity contribution in [2.75, 3.05) is 21.1 Å². The van der Waals surface area contributed by atoms with Crippen molar-refractivity contribution in [3.63, 3.8) is 0 Å². The molecule has 1 N–H and O–H groups in total. The van der Waals surface area contributed by atoms with Crippen LogP contribution in [0.2, 0.25) is 5.02 Å².